The SMILES string of the molecule is CC[C@H](C)C(=O)O[C@H]1[C@H]2[C@H](C)C(=O)O[C@@H]2C[C@@H](C)[C@@H]2C=CC(=O)[C@]21C. The Kier molecular flexibility index (Phi) is 4.54. The third-order valence-corrected chi connectivity index (χ3v) is 6.74. The quantitative estimate of drug-likeness (QED) is 0.734. The Bertz CT molecular complexity index is 624. The van der Waals surface area contributed by atoms with Crippen LogP contribution in [0.2, 0.25) is 0 Å². The molecule has 1 aliphatic heterocycles. The first-order valence-electron chi connectivity index (χ1n) is 9.35. The lowest BCUT2D eigenvalue weighted by atomic mass is 9.66. The van der Waals surface area contributed by atoms with E-state index in [-0.39, 0.29) is 53.4 Å². The monoisotopic (exact) mass is 348 g/mol. The van der Waals surface area contributed by atoms with Crippen molar-refractivity contribution >= 4 is 17.7 Å². The predicted octanol–water partition coefficient (Wildman–Crippen LogP) is 2.92. The Morgan fingerprint density at radius 1 is 1.40 bits per heavy atom. The molecule has 0 unspecified atom stereocenters. The van der Waals surface area contributed by atoms with Crippen LogP contribution < -0.4 is 0 Å². The first-order chi connectivity index (χ1) is 11.7. The van der Waals surface area contributed by atoms with Gasteiger partial charge >= 0.3 is 11.9 Å². The molecule has 0 aromatic rings. The van der Waals surface area contributed by atoms with Crippen molar-refractivity contribution in [3.8, 4) is 0 Å². The van der Waals surface area contributed by atoms with E-state index in [9.17, 15) is 14.4 Å². The molecule has 0 aromatic heterocycles. The van der Waals surface area contributed by atoms with Crippen LogP contribution in [0.1, 0.15) is 47.5 Å². The molecule has 0 aromatic carbocycles. The van der Waals surface area contributed by atoms with Crippen molar-refractivity contribution in [2.75, 3.05) is 0 Å². The van der Waals surface area contributed by atoms with Gasteiger partial charge in [0.05, 0.1) is 17.3 Å². The average molecular weight is 348 g/mol. The molecule has 138 valence electrons. The first-order valence-corrected chi connectivity index (χ1v) is 9.35. The number of ether oxygens (including phenoxy) is 2. The van der Waals surface area contributed by atoms with Crippen LogP contribution in [0.3, 0.4) is 0 Å². The summed E-state index contributed by atoms with van der Waals surface area (Å²) in [6.45, 7) is 9.55. The smallest absolute Gasteiger partial charge is 0.309 e. The molecule has 25 heavy (non-hydrogen) atoms. The van der Waals surface area contributed by atoms with Crippen molar-refractivity contribution < 1.29 is 23.9 Å². The van der Waals surface area contributed by atoms with Crippen LogP contribution >= 0.6 is 0 Å². The largest absolute Gasteiger partial charge is 0.462 e. The van der Waals surface area contributed by atoms with E-state index in [1.165, 1.54) is 0 Å². The van der Waals surface area contributed by atoms with Crippen LogP contribution in [0.15, 0.2) is 12.2 Å². The molecule has 1 heterocycles. The highest BCUT2D eigenvalue weighted by Crippen LogP contribution is 2.54. The third kappa shape index (κ3) is 2.63. The van der Waals surface area contributed by atoms with Gasteiger partial charge < -0.3 is 9.47 Å². The number of rotatable bonds is 3. The van der Waals surface area contributed by atoms with E-state index in [1.807, 2.05) is 33.8 Å². The van der Waals surface area contributed by atoms with Gasteiger partial charge in [0.2, 0.25) is 0 Å². The molecule has 3 rings (SSSR count). The lowest BCUT2D eigenvalue weighted by molar-refractivity contribution is -0.171. The number of ketones is 1. The number of carbonyl (C=O) groups excluding carboxylic acids is 3. The molecular weight excluding hydrogens is 320 g/mol. The van der Waals surface area contributed by atoms with E-state index >= 15 is 0 Å². The summed E-state index contributed by atoms with van der Waals surface area (Å²) in [6, 6.07) is 0. The number of carbonyl (C=O) groups is 3. The Balaban J connectivity index is 2.04. The number of esters is 2. The van der Waals surface area contributed by atoms with Gasteiger partial charge in [-0.05, 0) is 37.7 Å². The zero-order valence-electron chi connectivity index (χ0n) is 15.7. The normalized spacial score (nSPS) is 43.9. The fourth-order valence-electron chi connectivity index (χ4n) is 4.84. The van der Waals surface area contributed by atoms with Crippen molar-refractivity contribution in [1.29, 1.82) is 0 Å². The van der Waals surface area contributed by atoms with Crippen molar-refractivity contribution in [1.82, 2.24) is 0 Å². The maximum absolute atomic E-state index is 12.8. The van der Waals surface area contributed by atoms with Crippen molar-refractivity contribution in [2.24, 2.45) is 35.0 Å². The second kappa shape index (κ2) is 6.26. The summed E-state index contributed by atoms with van der Waals surface area (Å²) in [7, 11) is 0. The average Bonchev–Trinajstić information content (AvgIpc) is 2.99. The molecule has 2 aliphatic carbocycles. The van der Waals surface area contributed by atoms with Gasteiger partial charge in [-0.15, -0.1) is 0 Å². The highest BCUT2D eigenvalue weighted by molar-refractivity contribution is 5.98. The molecule has 5 nitrogen and oxygen atoms in total. The van der Waals surface area contributed by atoms with E-state index in [0.717, 1.165) is 0 Å². The fraction of sp³-hybridized carbons (Fsp3) is 0.750. The molecule has 0 N–H and O–H groups in total. The lowest BCUT2D eigenvalue weighted by Crippen LogP contribution is -2.50. The van der Waals surface area contributed by atoms with E-state index < -0.39 is 11.5 Å². The van der Waals surface area contributed by atoms with E-state index in [2.05, 4.69) is 6.92 Å². The summed E-state index contributed by atoms with van der Waals surface area (Å²) in [4.78, 5) is 37.6. The Morgan fingerprint density at radius 3 is 2.72 bits per heavy atom. The summed E-state index contributed by atoms with van der Waals surface area (Å²) < 4.78 is 11.6. The van der Waals surface area contributed by atoms with Gasteiger partial charge in [-0.25, -0.2) is 0 Å². The third-order valence-electron chi connectivity index (χ3n) is 6.74. The van der Waals surface area contributed by atoms with Crippen molar-refractivity contribution in [3.63, 3.8) is 0 Å². The number of hydrogen-bond donors (Lipinski definition) is 0. The van der Waals surface area contributed by atoms with Crippen molar-refractivity contribution in [2.45, 2.75) is 59.7 Å². The number of hydrogen-bond acceptors (Lipinski definition) is 5. The van der Waals surface area contributed by atoms with E-state index in [4.69, 9.17) is 9.47 Å². The van der Waals surface area contributed by atoms with Crippen LogP contribution in [-0.4, -0.2) is 29.9 Å². The molecule has 0 spiro atoms. The standard InChI is InChI=1S/C20H28O5/c1-6-10(2)18(22)25-17-16-12(4)19(23)24-14(16)9-11(3)13-7-8-15(21)20(13,17)5/h7-8,10-14,16-17H,6,9H2,1-5H3/t10-,11+,12-,13-,14+,16-,17-,20-/m0/s1. The molecule has 0 radical (unpaired) electrons. The van der Waals surface area contributed by atoms with E-state index in [1.54, 1.807) is 6.08 Å². The van der Waals surface area contributed by atoms with Crippen molar-refractivity contribution in [3.05, 3.63) is 12.2 Å². The molecule has 1 saturated carbocycles. The topological polar surface area (TPSA) is 69.7 Å². The molecule has 0 amide bonds. The fourth-order valence-corrected chi connectivity index (χ4v) is 4.84. The van der Waals surface area contributed by atoms with Gasteiger partial charge in [0.1, 0.15) is 12.2 Å². The maximum atomic E-state index is 12.8. The van der Waals surface area contributed by atoms with Gasteiger partial charge in [0.15, 0.2) is 5.78 Å². The summed E-state index contributed by atoms with van der Waals surface area (Å²) >= 11 is 0. The van der Waals surface area contributed by atoms with Gasteiger partial charge in [0, 0.05) is 5.92 Å². The molecule has 8 atom stereocenters. The van der Waals surface area contributed by atoms with Gasteiger partial charge in [-0.3, -0.25) is 14.4 Å². The molecule has 0 bridgehead atoms. The summed E-state index contributed by atoms with van der Waals surface area (Å²) in [5, 5.41) is 0. The van der Waals surface area contributed by atoms with Gasteiger partial charge in [-0.1, -0.05) is 33.8 Å². The summed E-state index contributed by atoms with van der Waals surface area (Å²) in [5.41, 5.74) is -0.829. The van der Waals surface area contributed by atoms with Crippen LogP contribution in [0, 0.1) is 35.0 Å². The van der Waals surface area contributed by atoms with Gasteiger partial charge in [0.25, 0.3) is 0 Å². The van der Waals surface area contributed by atoms with Crippen LogP contribution in [-0.2, 0) is 23.9 Å². The molecule has 2 fully saturated rings. The van der Waals surface area contributed by atoms with Gasteiger partial charge in [-0.2, -0.15) is 0 Å². The minimum Gasteiger partial charge on any atom is -0.462 e. The molecular formula is C20H28O5. The Labute approximate surface area is 149 Å². The van der Waals surface area contributed by atoms with Crippen LogP contribution in [0.4, 0.5) is 0 Å². The Hall–Kier alpha value is -1.65. The zero-order valence-corrected chi connectivity index (χ0v) is 15.7. The Morgan fingerprint density at radius 2 is 2.08 bits per heavy atom. The number of fused-ring (bicyclic) bond motifs is 2. The lowest BCUT2D eigenvalue weighted by Gasteiger charge is -2.40. The number of allylic oxidation sites excluding steroid dienone is 2. The predicted molar refractivity (Wildman–Crippen MR) is 91.4 cm³/mol. The van der Waals surface area contributed by atoms with E-state index in [0.29, 0.717) is 12.8 Å². The summed E-state index contributed by atoms with van der Waals surface area (Å²) in [6.07, 6.45) is 4.00. The second-order valence-electron chi connectivity index (χ2n) is 8.25. The molecule has 3 aliphatic rings. The minimum atomic E-state index is -0.829. The highest BCUT2D eigenvalue weighted by atomic mass is 16.6. The zero-order chi connectivity index (χ0) is 18.5. The maximum Gasteiger partial charge on any atom is 0.309 e. The molecule has 5 heteroatoms. The summed E-state index contributed by atoms with van der Waals surface area (Å²) in [5.74, 6) is -1.30. The second-order valence-corrected chi connectivity index (χ2v) is 8.25. The van der Waals surface area contributed by atoms with Crippen LogP contribution in [0.5, 0.6) is 0 Å². The highest BCUT2D eigenvalue weighted by Gasteiger charge is 2.62. The van der Waals surface area contributed by atoms with Crippen LogP contribution in [0.25, 0.3) is 0 Å². The first kappa shape index (κ1) is 18.2. The molecule has 1 saturated heterocycles. The minimum absolute atomic E-state index is 0.00812.